The summed E-state index contributed by atoms with van der Waals surface area (Å²) in [6.07, 6.45) is -0.517. The van der Waals surface area contributed by atoms with E-state index in [1.807, 2.05) is 0 Å². The molecule has 1 nitrogen and oxygen atoms in total. The van der Waals surface area contributed by atoms with E-state index in [0.29, 0.717) is 0 Å². The fraction of sp³-hybridized carbons (Fsp3) is 0.125. The molecule has 0 unspecified atom stereocenters. The van der Waals surface area contributed by atoms with Crippen molar-refractivity contribution in [3.8, 4) is 0 Å². The third-order valence-corrected chi connectivity index (χ3v) is 1.74. The van der Waals surface area contributed by atoms with Crippen LogP contribution in [-0.2, 0) is 10.7 Å². The molecule has 0 N–H and O–H groups in total. The number of carbonyl (C=O) groups excluding carboxylic acids is 1. The van der Waals surface area contributed by atoms with Crippen LogP contribution in [-0.4, -0.2) is 6.29 Å². The van der Waals surface area contributed by atoms with Gasteiger partial charge in [-0.3, -0.25) is 4.79 Å². The number of aldehydes is 1. The zero-order valence-corrected chi connectivity index (χ0v) is 6.99. The monoisotopic (exact) mass is 208 g/mol. The van der Waals surface area contributed by atoms with Crippen molar-refractivity contribution in [1.82, 2.24) is 0 Å². The summed E-state index contributed by atoms with van der Waals surface area (Å²) in [6, 6.07) is 2.33. The van der Waals surface area contributed by atoms with E-state index in [4.69, 9.17) is 11.6 Å². The Balaban J connectivity index is 3.18. The molecule has 1 rings (SSSR count). The topological polar surface area (TPSA) is 17.1 Å². The first-order valence-electron chi connectivity index (χ1n) is 3.27. The second-order valence-electron chi connectivity index (χ2n) is 2.37. The van der Waals surface area contributed by atoms with Crippen molar-refractivity contribution in [3.05, 3.63) is 34.6 Å². The molecule has 0 fully saturated rings. The Bertz CT molecular complexity index is 338. The molecule has 1 aromatic rings. The van der Waals surface area contributed by atoms with Crippen LogP contribution in [0.2, 0.25) is 5.02 Å². The fourth-order valence-electron chi connectivity index (χ4n) is 0.772. The minimum Gasteiger partial charge on any atom is -0.296 e. The van der Waals surface area contributed by atoms with E-state index in [9.17, 15) is 18.0 Å². The average Bonchev–Trinajstić information content (AvgIpc) is 2.09. The molecule has 0 spiro atoms. The number of alkyl halides is 2. The molecule has 1 aromatic carbocycles. The summed E-state index contributed by atoms with van der Waals surface area (Å²) in [4.78, 5) is 9.94. The van der Waals surface area contributed by atoms with Crippen LogP contribution in [0.3, 0.4) is 0 Å². The summed E-state index contributed by atoms with van der Waals surface area (Å²) in [5, 5.41) is -0.431. The molecular weight excluding hydrogens is 205 g/mol. The number of carbonyl (C=O) groups is 1. The van der Waals surface area contributed by atoms with Gasteiger partial charge in [0, 0.05) is 5.56 Å². The van der Waals surface area contributed by atoms with Crippen LogP contribution in [0.4, 0.5) is 13.2 Å². The van der Waals surface area contributed by atoms with E-state index >= 15 is 0 Å². The van der Waals surface area contributed by atoms with Gasteiger partial charge in [0.2, 0.25) is 0 Å². The van der Waals surface area contributed by atoms with Crippen molar-refractivity contribution < 1.29 is 18.0 Å². The molecule has 0 aliphatic rings. The third-order valence-electron chi connectivity index (χ3n) is 1.45. The molecule has 0 radical (unpaired) electrons. The van der Waals surface area contributed by atoms with Gasteiger partial charge in [0.15, 0.2) is 6.29 Å². The SMILES string of the molecule is O=CC(F)(F)c1ccc(F)c(Cl)c1. The number of hydrogen-bond donors (Lipinski definition) is 0. The van der Waals surface area contributed by atoms with E-state index in [1.165, 1.54) is 0 Å². The third kappa shape index (κ3) is 2.01. The van der Waals surface area contributed by atoms with E-state index in [1.54, 1.807) is 0 Å². The number of benzene rings is 1. The maximum atomic E-state index is 12.6. The lowest BCUT2D eigenvalue weighted by atomic mass is 10.1. The molecule has 70 valence electrons. The minimum atomic E-state index is -3.61. The van der Waals surface area contributed by atoms with Gasteiger partial charge in [0.25, 0.3) is 0 Å². The predicted octanol–water partition coefficient (Wildman–Crippen LogP) is 2.77. The molecule has 0 heterocycles. The number of hydrogen-bond acceptors (Lipinski definition) is 1. The summed E-state index contributed by atoms with van der Waals surface area (Å²) >= 11 is 5.25. The number of rotatable bonds is 2. The summed E-state index contributed by atoms with van der Waals surface area (Å²) in [6.45, 7) is 0. The largest absolute Gasteiger partial charge is 0.327 e. The second kappa shape index (κ2) is 3.38. The Morgan fingerprint density at radius 3 is 2.46 bits per heavy atom. The van der Waals surface area contributed by atoms with Crippen molar-refractivity contribution in [2.24, 2.45) is 0 Å². The Kier molecular flexibility index (Phi) is 2.61. The second-order valence-corrected chi connectivity index (χ2v) is 2.78. The highest BCUT2D eigenvalue weighted by atomic mass is 35.5. The van der Waals surface area contributed by atoms with Crippen molar-refractivity contribution in [3.63, 3.8) is 0 Å². The minimum absolute atomic E-state index is 0.431. The summed E-state index contributed by atoms with van der Waals surface area (Å²) in [7, 11) is 0. The van der Waals surface area contributed by atoms with Gasteiger partial charge in [-0.2, -0.15) is 8.78 Å². The van der Waals surface area contributed by atoms with Gasteiger partial charge in [-0.15, -0.1) is 0 Å². The van der Waals surface area contributed by atoms with Crippen LogP contribution in [0.5, 0.6) is 0 Å². The molecular formula is C8H4ClF3O. The molecule has 0 amide bonds. The average molecular weight is 209 g/mol. The Labute approximate surface area is 77.1 Å². The van der Waals surface area contributed by atoms with Crippen LogP contribution in [0.25, 0.3) is 0 Å². The van der Waals surface area contributed by atoms with Gasteiger partial charge in [-0.05, 0) is 18.2 Å². The van der Waals surface area contributed by atoms with Gasteiger partial charge in [-0.25, -0.2) is 4.39 Å². The summed E-state index contributed by atoms with van der Waals surface area (Å²) in [5.41, 5.74) is -0.617. The van der Waals surface area contributed by atoms with Crippen LogP contribution in [0, 0.1) is 5.82 Å². The molecule has 0 saturated carbocycles. The lowest BCUT2D eigenvalue weighted by Crippen LogP contribution is -2.14. The first-order valence-corrected chi connectivity index (χ1v) is 3.65. The molecule has 0 bridgehead atoms. The zero-order chi connectivity index (χ0) is 10.1. The predicted molar refractivity (Wildman–Crippen MR) is 41.4 cm³/mol. The zero-order valence-electron chi connectivity index (χ0n) is 6.23. The van der Waals surface area contributed by atoms with Crippen LogP contribution in [0.15, 0.2) is 18.2 Å². The first-order chi connectivity index (χ1) is 5.97. The van der Waals surface area contributed by atoms with Gasteiger partial charge in [-0.1, -0.05) is 11.6 Å². The molecule has 0 saturated heterocycles. The lowest BCUT2D eigenvalue weighted by Gasteiger charge is -2.08. The van der Waals surface area contributed by atoms with Crippen molar-refractivity contribution >= 4 is 17.9 Å². The standard InChI is InChI=1S/C8H4ClF3O/c9-6-3-5(1-2-7(6)10)8(11,12)4-13/h1-4H. The molecule has 5 heteroatoms. The van der Waals surface area contributed by atoms with Gasteiger partial charge >= 0.3 is 5.92 Å². The van der Waals surface area contributed by atoms with Gasteiger partial charge in [0.1, 0.15) is 5.82 Å². The quantitative estimate of drug-likeness (QED) is 0.683. The van der Waals surface area contributed by atoms with E-state index < -0.39 is 28.6 Å². The van der Waals surface area contributed by atoms with Crippen LogP contribution >= 0.6 is 11.6 Å². The maximum Gasteiger partial charge on any atom is 0.327 e. The molecule has 0 aromatic heterocycles. The smallest absolute Gasteiger partial charge is 0.296 e. The first kappa shape index (κ1) is 10.1. The number of halogens is 4. The highest BCUT2D eigenvalue weighted by Crippen LogP contribution is 2.28. The van der Waals surface area contributed by atoms with E-state index in [2.05, 4.69) is 0 Å². The van der Waals surface area contributed by atoms with Crippen molar-refractivity contribution in [2.75, 3.05) is 0 Å². The summed E-state index contributed by atoms with van der Waals surface area (Å²) in [5.74, 6) is -4.41. The molecule has 0 aliphatic heterocycles. The Hall–Kier alpha value is -1.03. The highest BCUT2D eigenvalue weighted by molar-refractivity contribution is 6.30. The van der Waals surface area contributed by atoms with Gasteiger partial charge in [0.05, 0.1) is 5.02 Å². The van der Waals surface area contributed by atoms with E-state index in [0.717, 1.165) is 18.2 Å². The van der Waals surface area contributed by atoms with Crippen molar-refractivity contribution in [2.45, 2.75) is 5.92 Å². The molecule has 0 atom stereocenters. The lowest BCUT2D eigenvalue weighted by molar-refractivity contribution is -0.130. The van der Waals surface area contributed by atoms with Crippen molar-refractivity contribution in [1.29, 1.82) is 0 Å². The Morgan fingerprint density at radius 1 is 1.38 bits per heavy atom. The molecule has 13 heavy (non-hydrogen) atoms. The normalized spacial score (nSPS) is 11.4. The van der Waals surface area contributed by atoms with Crippen LogP contribution < -0.4 is 0 Å². The molecule has 0 aliphatic carbocycles. The summed E-state index contributed by atoms with van der Waals surface area (Å²) < 4.78 is 37.8. The van der Waals surface area contributed by atoms with E-state index in [-0.39, 0.29) is 0 Å². The maximum absolute atomic E-state index is 12.6. The highest BCUT2D eigenvalue weighted by Gasteiger charge is 2.31. The van der Waals surface area contributed by atoms with Crippen LogP contribution in [0.1, 0.15) is 5.56 Å². The Morgan fingerprint density at radius 2 is 2.00 bits per heavy atom. The fourth-order valence-corrected chi connectivity index (χ4v) is 0.952. The van der Waals surface area contributed by atoms with Gasteiger partial charge < -0.3 is 0 Å².